The molecule has 2 fully saturated rings. The Hall–Kier alpha value is -1.50. The quantitative estimate of drug-likeness (QED) is 0.860. The van der Waals surface area contributed by atoms with Crippen molar-refractivity contribution in [3.05, 3.63) is 46.7 Å². The summed E-state index contributed by atoms with van der Waals surface area (Å²) in [5.41, 5.74) is 0. The Labute approximate surface area is 139 Å². The molecular weight excluding hydrogens is 313 g/mol. The highest BCUT2D eigenvalue weighted by atomic mass is 32.1. The average Bonchev–Trinajstić information content (AvgIpc) is 3.16. The molecule has 0 aliphatic carbocycles. The highest BCUT2D eigenvalue weighted by molar-refractivity contribution is 7.09. The molecule has 23 heavy (non-hydrogen) atoms. The molecule has 4 rings (SSSR count). The fraction of sp³-hybridized carbons (Fsp3) is 0.471. The molecule has 2 aliphatic rings. The minimum absolute atomic E-state index is 0.154. The van der Waals surface area contributed by atoms with Crippen LogP contribution in [0.1, 0.15) is 11.4 Å². The molecule has 122 valence electrons. The van der Waals surface area contributed by atoms with Gasteiger partial charge in [-0.25, -0.2) is 9.37 Å². The van der Waals surface area contributed by atoms with Gasteiger partial charge in [-0.15, -0.1) is 11.3 Å². The summed E-state index contributed by atoms with van der Waals surface area (Å²) in [7, 11) is 0. The molecule has 2 aromatic rings. The standard InChI is InChI=1S/C17H20FN3OS/c18-13-2-1-3-15(8-13)22-16-9-14-10-20(5-6-21(14)11-16)12-17-19-4-7-23-17/h1-4,7-8,14,16H,5-6,9-12H2/t14-,16-/m0/s1. The minimum atomic E-state index is -0.243. The second kappa shape index (κ2) is 6.55. The lowest BCUT2D eigenvalue weighted by atomic mass is 10.1. The number of rotatable bonds is 4. The number of fused-ring (bicyclic) bond motifs is 1. The molecule has 2 aliphatic heterocycles. The van der Waals surface area contributed by atoms with Crippen LogP contribution in [0.4, 0.5) is 4.39 Å². The van der Waals surface area contributed by atoms with E-state index in [1.807, 2.05) is 17.6 Å². The lowest BCUT2D eigenvalue weighted by molar-refractivity contribution is 0.0978. The van der Waals surface area contributed by atoms with Gasteiger partial charge in [0.15, 0.2) is 0 Å². The van der Waals surface area contributed by atoms with Crippen LogP contribution >= 0.6 is 11.3 Å². The first-order valence-corrected chi connectivity index (χ1v) is 8.91. The molecular formula is C17H20FN3OS. The van der Waals surface area contributed by atoms with Crippen molar-refractivity contribution in [1.82, 2.24) is 14.8 Å². The lowest BCUT2D eigenvalue weighted by Crippen LogP contribution is -2.49. The van der Waals surface area contributed by atoms with Gasteiger partial charge in [-0.2, -0.15) is 0 Å². The third-order valence-electron chi connectivity index (χ3n) is 4.60. The molecule has 6 heteroatoms. The van der Waals surface area contributed by atoms with Gasteiger partial charge in [-0.05, 0) is 12.1 Å². The molecule has 2 saturated heterocycles. The predicted octanol–water partition coefficient (Wildman–Crippen LogP) is 2.62. The minimum Gasteiger partial charge on any atom is -0.489 e. The molecule has 0 saturated carbocycles. The van der Waals surface area contributed by atoms with Crippen LogP contribution in [0.25, 0.3) is 0 Å². The molecule has 3 heterocycles. The van der Waals surface area contributed by atoms with E-state index in [1.165, 1.54) is 17.1 Å². The molecule has 0 amide bonds. The average molecular weight is 333 g/mol. The van der Waals surface area contributed by atoms with Crippen molar-refractivity contribution < 1.29 is 9.13 Å². The van der Waals surface area contributed by atoms with Crippen molar-refractivity contribution in [1.29, 1.82) is 0 Å². The highest BCUT2D eigenvalue weighted by Crippen LogP contribution is 2.26. The fourth-order valence-corrected chi connectivity index (χ4v) is 4.20. The number of aromatic nitrogens is 1. The van der Waals surface area contributed by atoms with Gasteiger partial charge in [0.1, 0.15) is 22.7 Å². The predicted molar refractivity (Wildman–Crippen MR) is 88.2 cm³/mol. The monoisotopic (exact) mass is 333 g/mol. The zero-order valence-corrected chi connectivity index (χ0v) is 13.7. The summed E-state index contributed by atoms with van der Waals surface area (Å²) < 4.78 is 19.2. The summed E-state index contributed by atoms with van der Waals surface area (Å²) in [5.74, 6) is 0.391. The van der Waals surface area contributed by atoms with E-state index in [2.05, 4.69) is 14.8 Å². The molecule has 4 nitrogen and oxygen atoms in total. The summed E-state index contributed by atoms with van der Waals surface area (Å²) in [6.07, 6.45) is 3.03. The van der Waals surface area contributed by atoms with E-state index in [-0.39, 0.29) is 11.9 Å². The number of halogens is 1. The van der Waals surface area contributed by atoms with Crippen LogP contribution in [0, 0.1) is 5.82 Å². The van der Waals surface area contributed by atoms with Crippen molar-refractivity contribution in [2.45, 2.75) is 25.1 Å². The Morgan fingerprint density at radius 1 is 1.30 bits per heavy atom. The normalized spacial score (nSPS) is 25.4. The van der Waals surface area contributed by atoms with Crippen LogP contribution in [0.3, 0.4) is 0 Å². The maximum absolute atomic E-state index is 13.3. The van der Waals surface area contributed by atoms with Crippen LogP contribution in [0.15, 0.2) is 35.8 Å². The largest absolute Gasteiger partial charge is 0.489 e. The van der Waals surface area contributed by atoms with Gasteiger partial charge in [-0.3, -0.25) is 9.80 Å². The summed E-state index contributed by atoms with van der Waals surface area (Å²) in [4.78, 5) is 9.36. The van der Waals surface area contributed by atoms with Gasteiger partial charge in [0.2, 0.25) is 0 Å². The highest BCUT2D eigenvalue weighted by Gasteiger charge is 2.37. The van der Waals surface area contributed by atoms with Gasteiger partial charge in [0.05, 0.1) is 6.54 Å². The van der Waals surface area contributed by atoms with Crippen LogP contribution in [0.5, 0.6) is 5.75 Å². The topological polar surface area (TPSA) is 28.6 Å². The van der Waals surface area contributed by atoms with Gasteiger partial charge >= 0.3 is 0 Å². The molecule has 0 unspecified atom stereocenters. The van der Waals surface area contributed by atoms with E-state index in [9.17, 15) is 4.39 Å². The molecule has 0 bridgehead atoms. The van der Waals surface area contributed by atoms with Crippen LogP contribution in [-0.4, -0.2) is 53.1 Å². The van der Waals surface area contributed by atoms with E-state index in [0.29, 0.717) is 11.8 Å². The Balaban J connectivity index is 1.34. The maximum atomic E-state index is 13.3. The van der Waals surface area contributed by atoms with Crippen molar-refractivity contribution in [2.24, 2.45) is 0 Å². The first-order chi connectivity index (χ1) is 11.3. The Morgan fingerprint density at radius 2 is 2.26 bits per heavy atom. The van der Waals surface area contributed by atoms with Gasteiger partial charge < -0.3 is 4.74 Å². The lowest BCUT2D eigenvalue weighted by Gasteiger charge is -2.36. The molecule has 0 spiro atoms. The zero-order chi connectivity index (χ0) is 15.6. The Kier molecular flexibility index (Phi) is 4.29. The maximum Gasteiger partial charge on any atom is 0.126 e. The van der Waals surface area contributed by atoms with Crippen molar-refractivity contribution in [3.8, 4) is 5.75 Å². The summed E-state index contributed by atoms with van der Waals surface area (Å²) in [6.45, 7) is 5.08. The van der Waals surface area contributed by atoms with Gasteiger partial charge in [0, 0.05) is 56.3 Å². The number of piperazine rings is 1. The van der Waals surface area contributed by atoms with Crippen LogP contribution in [-0.2, 0) is 6.54 Å². The second-order valence-electron chi connectivity index (χ2n) is 6.24. The molecule has 1 aromatic heterocycles. The summed E-state index contributed by atoms with van der Waals surface area (Å²) in [5, 5.41) is 3.22. The fourth-order valence-electron chi connectivity index (χ4n) is 3.54. The molecule has 1 aromatic carbocycles. The summed E-state index contributed by atoms with van der Waals surface area (Å²) >= 11 is 1.72. The van der Waals surface area contributed by atoms with Crippen molar-refractivity contribution >= 4 is 11.3 Å². The van der Waals surface area contributed by atoms with Crippen molar-refractivity contribution in [2.75, 3.05) is 26.2 Å². The number of thiazole rings is 1. The number of hydrogen-bond donors (Lipinski definition) is 0. The van der Waals surface area contributed by atoms with Gasteiger partial charge in [-0.1, -0.05) is 6.07 Å². The van der Waals surface area contributed by atoms with Crippen LogP contribution in [0.2, 0.25) is 0 Å². The van der Waals surface area contributed by atoms with Crippen molar-refractivity contribution in [3.63, 3.8) is 0 Å². The molecule has 0 N–H and O–H groups in total. The second-order valence-corrected chi connectivity index (χ2v) is 7.22. The number of ether oxygens (including phenoxy) is 1. The Morgan fingerprint density at radius 3 is 3.09 bits per heavy atom. The van der Waals surface area contributed by atoms with Gasteiger partial charge in [0.25, 0.3) is 0 Å². The number of hydrogen-bond acceptors (Lipinski definition) is 5. The van der Waals surface area contributed by atoms with E-state index >= 15 is 0 Å². The zero-order valence-electron chi connectivity index (χ0n) is 12.9. The molecule has 0 radical (unpaired) electrons. The van der Waals surface area contributed by atoms with E-state index in [4.69, 9.17) is 4.74 Å². The smallest absolute Gasteiger partial charge is 0.126 e. The Bertz CT molecular complexity index is 651. The van der Waals surface area contributed by atoms with E-state index in [1.54, 1.807) is 17.4 Å². The first-order valence-electron chi connectivity index (χ1n) is 8.03. The molecule has 2 atom stereocenters. The number of nitrogens with zero attached hydrogens (tertiary/aromatic N) is 3. The third-order valence-corrected chi connectivity index (χ3v) is 5.37. The van der Waals surface area contributed by atoms with Crippen LogP contribution < -0.4 is 4.74 Å². The van der Waals surface area contributed by atoms with E-state index < -0.39 is 0 Å². The summed E-state index contributed by atoms with van der Waals surface area (Å²) in [6, 6.07) is 6.97. The SMILES string of the molecule is Fc1cccc(O[C@H]2C[C@H]3CN(Cc4nccs4)CCN3C2)c1. The van der Waals surface area contributed by atoms with E-state index in [0.717, 1.165) is 39.1 Å². The number of benzene rings is 1. The first kappa shape index (κ1) is 15.1. The third kappa shape index (κ3) is 3.54.